The summed E-state index contributed by atoms with van der Waals surface area (Å²) in [5, 5.41) is 10.7. The van der Waals surface area contributed by atoms with Crippen LogP contribution in [0.15, 0.2) is 18.2 Å². The van der Waals surface area contributed by atoms with Crippen molar-refractivity contribution in [2.45, 2.75) is 0 Å². The first kappa shape index (κ1) is 14.9. The standard InChI is InChI=1S/C14H14FN3O3/c1-2-5-16-6-8-17(9-7-16)14(19)12-10-11(18(20)21)3-4-13(12)15/h1,3-4,10H,5-9H2. The molecule has 1 heterocycles. The summed E-state index contributed by atoms with van der Waals surface area (Å²) in [5.41, 5.74) is -0.569. The second kappa shape index (κ2) is 6.33. The van der Waals surface area contributed by atoms with Crippen molar-refractivity contribution in [2.24, 2.45) is 0 Å². The molecule has 0 spiro atoms. The Balaban J connectivity index is 2.12. The summed E-state index contributed by atoms with van der Waals surface area (Å²) in [6, 6.07) is 2.96. The Hall–Kier alpha value is -2.46. The fraction of sp³-hybridized carbons (Fsp3) is 0.357. The number of rotatable bonds is 3. The zero-order chi connectivity index (χ0) is 15.4. The average molecular weight is 291 g/mol. The molecule has 110 valence electrons. The smallest absolute Gasteiger partial charge is 0.270 e. The first-order chi connectivity index (χ1) is 10.0. The summed E-state index contributed by atoms with van der Waals surface area (Å²) in [4.78, 5) is 25.8. The zero-order valence-electron chi connectivity index (χ0n) is 11.3. The number of carbonyl (C=O) groups is 1. The second-order valence-electron chi connectivity index (χ2n) is 4.69. The Morgan fingerprint density at radius 3 is 2.62 bits per heavy atom. The van der Waals surface area contributed by atoms with E-state index in [1.807, 2.05) is 4.90 Å². The van der Waals surface area contributed by atoms with Crippen molar-refractivity contribution in [3.63, 3.8) is 0 Å². The van der Waals surface area contributed by atoms with Crippen molar-refractivity contribution in [3.05, 3.63) is 39.7 Å². The number of hydrogen-bond donors (Lipinski definition) is 0. The van der Waals surface area contributed by atoms with E-state index in [4.69, 9.17) is 6.42 Å². The van der Waals surface area contributed by atoms with Crippen LogP contribution in [-0.4, -0.2) is 53.4 Å². The van der Waals surface area contributed by atoms with Crippen LogP contribution in [-0.2, 0) is 0 Å². The molecule has 0 N–H and O–H groups in total. The van der Waals surface area contributed by atoms with E-state index in [2.05, 4.69) is 5.92 Å². The summed E-state index contributed by atoms with van der Waals surface area (Å²) in [6.45, 7) is 2.55. The van der Waals surface area contributed by atoms with Crippen molar-refractivity contribution in [1.29, 1.82) is 0 Å². The van der Waals surface area contributed by atoms with Gasteiger partial charge in [0.25, 0.3) is 11.6 Å². The van der Waals surface area contributed by atoms with E-state index >= 15 is 0 Å². The summed E-state index contributed by atoms with van der Waals surface area (Å²) in [7, 11) is 0. The number of terminal acetylenes is 1. The third kappa shape index (κ3) is 3.35. The molecule has 0 radical (unpaired) electrons. The number of carbonyl (C=O) groups excluding carboxylic acids is 1. The summed E-state index contributed by atoms with van der Waals surface area (Å²) in [6.07, 6.45) is 5.22. The number of halogens is 1. The highest BCUT2D eigenvalue weighted by molar-refractivity contribution is 5.95. The molecule has 0 atom stereocenters. The predicted molar refractivity (Wildman–Crippen MR) is 74.2 cm³/mol. The van der Waals surface area contributed by atoms with Gasteiger partial charge in [-0.2, -0.15) is 0 Å². The molecule has 6 nitrogen and oxygen atoms in total. The molecule has 1 amide bonds. The Labute approximate surface area is 121 Å². The van der Waals surface area contributed by atoms with Crippen LogP contribution in [0.4, 0.5) is 10.1 Å². The van der Waals surface area contributed by atoms with Crippen LogP contribution in [0.5, 0.6) is 0 Å². The number of piperazine rings is 1. The predicted octanol–water partition coefficient (Wildman–Crippen LogP) is 1.12. The molecule has 1 aliphatic rings. The molecule has 0 saturated carbocycles. The van der Waals surface area contributed by atoms with Gasteiger partial charge in [-0.1, -0.05) is 5.92 Å². The van der Waals surface area contributed by atoms with Crippen LogP contribution >= 0.6 is 0 Å². The van der Waals surface area contributed by atoms with Crippen molar-refractivity contribution in [1.82, 2.24) is 9.80 Å². The Morgan fingerprint density at radius 2 is 2.05 bits per heavy atom. The van der Waals surface area contributed by atoms with Crippen molar-refractivity contribution < 1.29 is 14.1 Å². The average Bonchev–Trinajstić information content (AvgIpc) is 2.48. The van der Waals surface area contributed by atoms with Gasteiger partial charge >= 0.3 is 0 Å². The maximum atomic E-state index is 13.7. The molecule has 7 heteroatoms. The normalized spacial score (nSPS) is 15.5. The van der Waals surface area contributed by atoms with Gasteiger partial charge in [0.15, 0.2) is 0 Å². The highest BCUT2D eigenvalue weighted by Crippen LogP contribution is 2.19. The number of hydrogen-bond acceptors (Lipinski definition) is 4. The molecule has 1 aliphatic heterocycles. The highest BCUT2D eigenvalue weighted by Gasteiger charge is 2.25. The molecule has 1 fully saturated rings. The minimum atomic E-state index is -0.753. The number of nitro groups is 1. The number of nitro benzene ring substituents is 1. The quantitative estimate of drug-likeness (QED) is 0.475. The molecule has 0 aromatic heterocycles. The molecule has 0 bridgehead atoms. The van der Waals surface area contributed by atoms with Gasteiger partial charge in [-0.15, -0.1) is 6.42 Å². The van der Waals surface area contributed by atoms with E-state index in [0.717, 1.165) is 18.2 Å². The van der Waals surface area contributed by atoms with Gasteiger partial charge in [-0.25, -0.2) is 4.39 Å². The van der Waals surface area contributed by atoms with E-state index in [1.54, 1.807) is 0 Å². The second-order valence-corrected chi connectivity index (χ2v) is 4.69. The highest BCUT2D eigenvalue weighted by atomic mass is 19.1. The van der Waals surface area contributed by atoms with E-state index in [-0.39, 0.29) is 11.3 Å². The molecule has 0 aliphatic carbocycles. The molecule has 1 saturated heterocycles. The van der Waals surface area contributed by atoms with Gasteiger partial charge in [0.05, 0.1) is 17.0 Å². The number of non-ortho nitro benzene ring substituents is 1. The number of amides is 1. The van der Waals surface area contributed by atoms with Crippen LogP contribution in [0, 0.1) is 28.3 Å². The zero-order valence-corrected chi connectivity index (χ0v) is 11.3. The van der Waals surface area contributed by atoms with Gasteiger partial charge in [0, 0.05) is 38.3 Å². The van der Waals surface area contributed by atoms with Gasteiger partial charge in [0.1, 0.15) is 5.82 Å². The first-order valence-electron chi connectivity index (χ1n) is 6.42. The van der Waals surface area contributed by atoms with E-state index < -0.39 is 16.6 Å². The maximum Gasteiger partial charge on any atom is 0.270 e. The topological polar surface area (TPSA) is 66.7 Å². The first-order valence-corrected chi connectivity index (χ1v) is 6.42. The summed E-state index contributed by atoms with van der Waals surface area (Å²) < 4.78 is 13.7. The molecule has 2 rings (SSSR count). The van der Waals surface area contributed by atoms with Gasteiger partial charge < -0.3 is 4.90 Å². The van der Waals surface area contributed by atoms with Crippen LogP contribution in [0.1, 0.15) is 10.4 Å². The minimum Gasteiger partial charge on any atom is -0.336 e. The van der Waals surface area contributed by atoms with E-state index in [1.165, 1.54) is 4.90 Å². The van der Waals surface area contributed by atoms with Crippen molar-refractivity contribution in [3.8, 4) is 12.3 Å². The molecule has 1 aromatic rings. The third-order valence-corrected chi connectivity index (χ3v) is 3.37. The lowest BCUT2D eigenvalue weighted by molar-refractivity contribution is -0.384. The van der Waals surface area contributed by atoms with Crippen LogP contribution in [0.2, 0.25) is 0 Å². The third-order valence-electron chi connectivity index (χ3n) is 3.37. The molecule has 21 heavy (non-hydrogen) atoms. The lowest BCUT2D eigenvalue weighted by Gasteiger charge is -2.33. The fourth-order valence-corrected chi connectivity index (χ4v) is 2.20. The molecular formula is C14H14FN3O3. The fourth-order valence-electron chi connectivity index (χ4n) is 2.20. The van der Waals surface area contributed by atoms with Gasteiger partial charge in [-0.05, 0) is 6.07 Å². The molecule has 1 aromatic carbocycles. The van der Waals surface area contributed by atoms with Crippen molar-refractivity contribution >= 4 is 11.6 Å². The Kier molecular flexibility index (Phi) is 4.50. The van der Waals surface area contributed by atoms with Gasteiger partial charge in [0.2, 0.25) is 0 Å². The summed E-state index contributed by atoms with van der Waals surface area (Å²) in [5.74, 6) is 1.25. The van der Waals surface area contributed by atoms with Crippen molar-refractivity contribution in [2.75, 3.05) is 32.7 Å². The van der Waals surface area contributed by atoms with Gasteiger partial charge in [-0.3, -0.25) is 19.8 Å². The molecule has 0 unspecified atom stereocenters. The Morgan fingerprint density at radius 1 is 1.38 bits per heavy atom. The SMILES string of the molecule is C#CCN1CCN(C(=O)c2cc([N+](=O)[O-])ccc2F)CC1. The van der Waals surface area contributed by atoms with Crippen LogP contribution in [0.25, 0.3) is 0 Å². The number of benzene rings is 1. The molecular weight excluding hydrogens is 277 g/mol. The monoisotopic (exact) mass is 291 g/mol. The van der Waals surface area contributed by atoms with Crippen LogP contribution < -0.4 is 0 Å². The Bertz CT molecular complexity index is 604. The minimum absolute atomic E-state index is 0.269. The van der Waals surface area contributed by atoms with E-state index in [0.29, 0.717) is 32.7 Å². The summed E-state index contributed by atoms with van der Waals surface area (Å²) >= 11 is 0. The number of nitrogens with zero attached hydrogens (tertiary/aromatic N) is 3. The van der Waals surface area contributed by atoms with E-state index in [9.17, 15) is 19.3 Å². The lowest BCUT2D eigenvalue weighted by atomic mass is 10.1. The largest absolute Gasteiger partial charge is 0.336 e. The van der Waals surface area contributed by atoms with Crippen LogP contribution in [0.3, 0.4) is 0 Å². The lowest BCUT2D eigenvalue weighted by Crippen LogP contribution is -2.48. The maximum absolute atomic E-state index is 13.7.